The Hall–Kier alpha value is -1.05. The van der Waals surface area contributed by atoms with E-state index in [0.29, 0.717) is 12.8 Å². The summed E-state index contributed by atoms with van der Waals surface area (Å²) in [5, 5.41) is 0. The second-order valence-corrected chi connectivity index (χ2v) is 6.84. The van der Waals surface area contributed by atoms with Crippen LogP contribution in [-0.2, 0) is 10.0 Å². The summed E-state index contributed by atoms with van der Waals surface area (Å²) in [7, 11) is -3.83. The van der Waals surface area contributed by atoms with Crippen LogP contribution in [-0.4, -0.2) is 18.9 Å². The van der Waals surface area contributed by atoms with Gasteiger partial charge in [-0.3, -0.25) is 0 Å². The third kappa shape index (κ3) is 2.93. The Labute approximate surface area is 117 Å². The van der Waals surface area contributed by atoms with Crippen molar-refractivity contribution in [2.24, 2.45) is 5.73 Å². The highest BCUT2D eigenvalue weighted by Gasteiger charge is 2.40. The lowest BCUT2D eigenvalue weighted by Gasteiger charge is -2.28. The fraction of sp³-hybridized carbons (Fsp3) is 0.417. The van der Waals surface area contributed by atoms with E-state index in [1.807, 2.05) is 0 Å². The van der Waals surface area contributed by atoms with E-state index in [1.54, 1.807) is 0 Å². The zero-order valence-corrected chi connectivity index (χ0v) is 11.9. The Morgan fingerprint density at radius 2 is 2.00 bits per heavy atom. The first-order valence-electron chi connectivity index (χ1n) is 5.95. The first-order valence-corrected chi connectivity index (χ1v) is 7.84. The topological polar surface area (TPSA) is 72.2 Å². The van der Waals surface area contributed by atoms with Crippen molar-refractivity contribution in [3.05, 3.63) is 30.1 Å². The monoisotopic (exact) mass is 302 g/mol. The minimum atomic E-state index is -3.83. The summed E-state index contributed by atoms with van der Waals surface area (Å²) < 4.78 is 40.2. The minimum Gasteiger partial charge on any atom is -0.392 e. The molecule has 1 aromatic rings. The number of halogens is 1. The van der Waals surface area contributed by atoms with Gasteiger partial charge in [0.1, 0.15) is 5.82 Å². The van der Waals surface area contributed by atoms with Crippen LogP contribution in [0.15, 0.2) is 29.2 Å². The number of hydrogen-bond acceptors (Lipinski definition) is 3. The largest absolute Gasteiger partial charge is 0.392 e. The standard InChI is InChI=1S/C12H15FN2O2S2/c13-9-4-3-5-10(8-9)19(16,17)15-12(11(14)18)6-1-2-7-12/h3-5,8,15H,1-2,6-7H2,(H2,14,18). The molecular weight excluding hydrogens is 287 g/mol. The van der Waals surface area contributed by atoms with Gasteiger partial charge in [0.2, 0.25) is 10.0 Å². The molecule has 0 radical (unpaired) electrons. The summed E-state index contributed by atoms with van der Waals surface area (Å²) in [6, 6.07) is 4.86. The van der Waals surface area contributed by atoms with Crippen molar-refractivity contribution >= 4 is 27.2 Å². The van der Waals surface area contributed by atoms with Crippen LogP contribution in [0.4, 0.5) is 4.39 Å². The van der Waals surface area contributed by atoms with Crippen LogP contribution in [0.25, 0.3) is 0 Å². The fourth-order valence-electron chi connectivity index (χ4n) is 2.33. The van der Waals surface area contributed by atoms with Gasteiger partial charge in [-0.2, -0.15) is 4.72 Å². The van der Waals surface area contributed by atoms with E-state index < -0.39 is 21.4 Å². The molecule has 3 N–H and O–H groups in total. The lowest BCUT2D eigenvalue weighted by molar-refractivity contribution is 0.502. The van der Waals surface area contributed by atoms with Crippen LogP contribution >= 0.6 is 12.2 Å². The van der Waals surface area contributed by atoms with Gasteiger partial charge in [-0.1, -0.05) is 31.1 Å². The van der Waals surface area contributed by atoms with Crippen molar-refractivity contribution in [1.82, 2.24) is 4.72 Å². The average Bonchev–Trinajstić information content (AvgIpc) is 2.78. The molecule has 0 heterocycles. The Balaban J connectivity index is 2.33. The number of nitrogens with two attached hydrogens (primary N) is 1. The zero-order chi connectivity index (χ0) is 14.1. The van der Waals surface area contributed by atoms with E-state index in [0.717, 1.165) is 18.9 Å². The first kappa shape index (κ1) is 14.4. The number of sulfonamides is 1. The van der Waals surface area contributed by atoms with E-state index in [4.69, 9.17) is 18.0 Å². The quantitative estimate of drug-likeness (QED) is 0.831. The van der Waals surface area contributed by atoms with Gasteiger partial charge in [-0.25, -0.2) is 12.8 Å². The van der Waals surface area contributed by atoms with Crippen LogP contribution in [0.3, 0.4) is 0 Å². The molecule has 0 aliphatic heterocycles. The maximum atomic E-state index is 13.1. The summed E-state index contributed by atoms with van der Waals surface area (Å²) in [4.78, 5) is 0.0278. The lowest BCUT2D eigenvalue weighted by atomic mass is 10.00. The maximum Gasteiger partial charge on any atom is 0.241 e. The summed E-state index contributed by atoms with van der Waals surface area (Å²) in [5.41, 5.74) is 4.80. The molecule has 1 aliphatic carbocycles. The highest BCUT2D eigenvalue weighted by molar-refractivity contribution is 7.89. The van der Waals surface area contributed by atoms with Gasteiger partial charge >= 0.3 is 0 Å². The molecule has 19 heavy (non-hydrogen) atoms. The highest BCUT2D eigenvalue weighted by Crippen LogP contribution is 2.31. The summed E-state index contributed by atoms with van der Waals surface area (Å²) in [5.74, 6) is -0.598. The molecule has 0 unspecified atom stereocenters. The summed E-state index contributed by atoms with van der Waals surface area (Å²) in [6.45, 7) is 0. The molecule has 0 aromatic heterocycles. The van der Waals surface area contributed by atoms with E-state index in [2.05, 4.69) is 4.72 Å². The van der Waals surface area contributed by atoms with Crippen molar-refractivity contribution in [2.45, 2.75) is 36.1 Å². The van der Waals surface area contributed by atoms with Crippen LogP contribution in [0.5, 0.6) is 0 Å². The van der Waals surface area contributed by atoms with Crippen molar-refractivity contribution in [3.63, 3.8) is 0 Å². The summed E-state index contributed by atoms with van der Waals surface area (Å²) >= 11 is 4.99. The number of rotatable bonds is 4. The number of nitrogens with one attached hydrogen (secondary N) is 1. The second kappa shape index (κ2) is 5.15. The normalized spacial score (nSPS) is 18.4. The molecule has 1 aromatic carbocycles. The second-order valence-electron chi connectivity index (χ2n) is 4.72. The summed E-state index contributed by atoms with van der Waals surface area (Å²) in [6.07, 6.45) is 2.89. The van der Waals surface area contributed by atoms with E-state index in [-0.39, 0.29) is 9.88 Å². The van der Waals surface area contributed by atoms with Gasteiger partial charge in [0, 0.05) is 0 Å². The van der Waals surface area contributed by atoms with Crippen molar-refractivity contribution in [1.29, 1.82) is 0 Å². The third-order valence-corrected chi connectivity index (χ3v) is 5.29. The number of thiocarbonyl (C=S) groups is 1. The Kier molecular flexibility index (Phi) is 3.89. The zero-order valence-electron chi connectivity index (χ0n) is 10.2. The predicted molar refractivity (Wildman–Crippen MR) is 74.7 cm³/mol. The van der Waals surface area contributed by atoms with Gasteiger partial charge in [0.25, 0.3) is 0 Å². The third-order valence-electron chi connectivity index (χ3n) is 3.36. The van der Waals surface area contributed by atoms with Crippen LogP contribution in [0, 0.1) is 5.82 Å². The van der Waals surface area contributed by atoms with Crippen molar-refractivity contribution in [2.75, 3.05) is 0 Å². The molecule has 1 saturated carbocycles. The fourth-order valence-corrected chi connectivity index (χ4v) is 4.12. The SMILES string of the molecule is NC(=S)C1(NS(=O)(=O)c2cccc(F)c2)CCCC1. The molecule has 0 saturated heterocycles. The van der Waals surface area contributed by atoms with Crippen LogP contribution in [0.2, 0.25) is 0 Å². The molecule has 4 nitrogen and oxygen atoms in total. The molecule has 104 valence electrons. The molecule has 0 spiro atoms. The Morgan fingerprint density at radius 3 is 2.53 bits per heavy atom. The molecule has 1 aliphatic rings. The smallest absolute Gasteiger partial charge is 0.241 e. The first-order chi connectivity index (χ1) is 8.86. The van der Waals surface area contributed by atoms with Gasteiger partial charge in [0.15, 0.2) is 0 Å². The van der Waals surface area contributed by atoms with Gasteiger partial charge in [0.05, 0.1) is 15.4 Å². The number of hydrogen-bond donors (Lipinski definition) is 2. The number of benzene rings is 1. The Morgan fingerprint density at radius 1 is 1.37 bits per heavy atom. The van der Waals surface area contributed by atoms with E-state index >= 15 is 0 Å². The highest BCUT2D eigenvalue weighted by atomic mass is 32.2. The van der Waals surface area contributed by atoms with E-state index in [9.17, 15) is 12.8 Å². The average molecular weight is 302 g/mol. The predicted octanol–water partition coefficient (Wildman–Crippen LogP) is 1.70. The maximum absolute atomic E-state index is 13.1. The van der Waals surface area contributed by atoms with Gasteiger partial charge in [-0.15, -0.1) is 0 Å². The molecular formula is C12H15FN2O2S2. The Bertz CT molecular complexity index is 596. The molecule has 0 amide bonds. The van der Waals surface area contributed by atoms with Crippen LogP contribution in [0.1, 0.15) is 25.7 Å². The molecule has 1 fully saturated rings. The van der Waals surface area contributed by atoms with Gasteiger partial charge in [-0.05, 0) is 31.0 Å². The van der Waals surface area contributed by atoms with Crippen molar-refractivity contribution < 1.29 is 12.8 Å². The lowest BCUT2D eigenvalue weighted by Crippen LogP contribution is -2.54. The van der Waals surface area contributed by atoms with Crippen molar-refractivity contribution in [3.8, 4) is 0 Å². The molecule has 0 bridgehead atoms. The molecule has 2 rings (SSSR count). The van der Waals surface area contributed by atoms with Crippen LogP contribution < -0.4 is 10.5 Å². The molecule has 0 atom stereocenters. The molecule has 7 heteroatoms. The van der Waals surface area contributed by atoms with Gasteiger partial charge < -0.3 is 5.73 Å². The minimum absolute atomic E-state index is 0.116. The van der Waals surface area contributed by atoms with E-state index in [1.165, 1.54) is 18.2 Å².